The first kappa shape index (κ1) is 14.2. The fourth-order valence-corrected chi connectivity index (χ4v) is 3.10. The van der Waals surface area contributed by atoms with Crippen LogP contribution in [0.5, 0.6) is 0 Å². The molecule has 1 fully saturated rings. The van der Waals surface area contributed by atoms with Crippen LogP contribution < -0.4 is 0 Å². The van der Waals surface area contributed by atoms with Gasteiger partial charge in [0.2, 0.25) is 0 Å². The Hall–Kier alpha value is -1.78. The number of nitrogens with zero attached hydrogens (tertiary/aromatic N) is 1. The number of carbonyl (C=O) groups is 1. The Morgan fingerprint density at radius 2 is 2.10 bits per heavy atom. The molecular formula is C16H16ClNO3. The quantitative estimate of drug-likeness (QED) is 0.938. The van der Waals surface area contributed by atoms with Gasteiger partial charge in [-0.25, -0.2) is 0 Å². The Morgan fingerprint density at radius 3 is 2.71 bits per heavy atom. The first-order valence-electron chi connectivity index (χ1n) is 6.94. The predicted molar refractivity (Wildman–Crippen MR) is 79.4 cm³/mol. The molecule has 1 aromatic carbocycles. The lowest BCUT2D eigenvalue weighted by molar-refractivity contribution is -0.142. The molecule has 1 aromatic heterocycles. The molecule has 2 aromatic rings. The highest BCUT2D eigenvalue weighted by molar-refractivity contribution is 6.30. The van der Waals surface area contributed by atoms with Gasteiger partial charge in [0.15, 0.2) is 0 Å². The van der Waals surface area contributed by atoms with Gasteiger partial charge in [-0.15, -0.1) is 0 Å². The summed E-state index contributed by atoms with van der Waals surface area (Å²) in [5, 5.41) is 10.1. The average Bonchev–Trinajstić information content (AvgIpc) is 3.13. The number of halogens is 1. The number of rotatable bonds is 4. The van der Waals surface area contributed by atoms with Crippen LogP contribution in [0, 0.1) is 0 Å². The minimum atomic E-state index is -0.780. The summed E-state index contributed by atoms with van der Waals surface area (Å²) in [6.07, 6.45) is 3.16. The van der Waals surface area contributed by atoms with Gasteiger partial charge < -0.3 is 9.52 Å². The maximum atomic E-state index is 11.5. The van der Waals surface area contributed by atoms with Crippen molar-refractivity contribution in [3.63, 3.8) is 0 Å². The van der Waals surface area contributed by atoms with E-state index in [1.807, 2.05) is 41.3 Å². The SMILES string of the molecule is O=C(O)C1CCCN1C(c1ccc(Cl)cc1)c1ccco1. The van der Waals surface area contributed by atoms with Crippen LogP contribution in [0.4, 0.5) is 0 Å². The molecule has 0 aliphatic carbocycles. The number of carboxylic acid groups (broad SMARTS) is 1. The highest BCUT2D eigenvalue weighted by atomic mass is 35.5. The van der Waals surface area contributed by atoms with E-state index in [1.165, 1.54) is 0 Å². The van der Waals surface area contributed by atoms with Crippen LogP contribution in [0.1, 0.15) is 30.2 Å². The summed E-state index contributed by atoms with van der Waals surface area (Å²) in [6.45, 7) is 0.741. The number of benzene rings is 1. The van der Waals surface area contributed by atoms with Gasteiger partial charge in [-0.2, -0.15) is 0 Å². The lowest BCUT2D eigenvalue weighted by Crippen LogP contribution is -2.39. The molecule has 21 heavy (non-hydrogen) atoms. The number of aliphatic carboxylic acids is 1. The smallest absolute Gasteiger partial charge is 0.320 e. The standard InChI is InChI=1S/C16H16ClNO3/c17-12-7-5-11(6-8-12)15(14-4-2-10-21-14)18-9-1-3-13(18)16(19)20/h2,4-8,10,13,15H,1,3,9H2,(H,19,20). The van der Waals surface area contributed by atoms with Gasteiger partial charge in [-0.1, -0.05) is 23.7 Å². The summed E-state index contributed by atoms with van der Waals surface area (Å²) >= 11 is 5.95. The second-order valence-corrected chi connectivity index (χ2v) is 5.64. The van der Waals surface area contributed by atoms with Crippen LogP contribution in [0.3, 0.4) is 0 Å². The maximum absolute atomic E-state index is 11.5. The number of hydrogen-bond acceptors (Lipinski definition) is 3. The van der Waals surface area contributed by atoms with Crippen molar-refractivity contribution in [2.75, 3.05) is 6.54 Å². The number of furan rings is 1. The van der Waals surface area contributed by atoms with Crippen LogP contribution in [-0.4, -0.2) is 28.6 Å². The molecule has 2 atom stereocenters. The van der Waals surface area contributed by atoms with E-state index in [0.717, 1.165) is 24.3 Å². The Balaban J connectivity index is 2.00. The van der Waals surface area contributed by atoms with E-state index in [1.54, 1.807) is 6.26 Å². The third-order valence-electron chi connectivity index (χ3n) is 3.91. The van der Waals surface area contributed by atoms with Gasteiger partial charge in [0.25, 0.3) is 0 Å². The first-order valence-corrected chi connectivity index (χ1v) is 7.32. The summed E-state index contributed by atoms with van der Waals surface area (Å²) < 4.78 is 5.55. The van der Waals surface area contributed by atoms with E-state index in [2.05, 4.69) is 0 Å². The largest absolute Gasteiger partial charge is 0.480 e. The molecule has 0 saturated carbocycles. The fourth-order valence-electron chi connectivity index (χ4n) is 2.97. The maximum Gasteiger partial charge on any atom is 0.320 e. The minimum absolute atomic E-state index is 0.194. The molecule has 1 saturated heterocycles. The van der Waals surface area contributed by atoms with Gasteiger partial charge in [-0.05, 0) is 42.7 Å². The number of hydrogen-bond donors (Lipinski definition) is 1. The van der Waals surface area contributed by atoms with Crippen molar-refractivity contribution < 1.29 is 14.3 Å². The lowest BCUT2D eigenvalue weighted by atomic mass is 10.0. The van der Waals surface area contributed by atoms with E-state index in [9.17, 15) is 9.90 Å². The zero-order valence-corrected chi connectivity index (χ0v) is 12.2. The second kappa shape index (κ2) is 5.92. The van der Waals surface area contributed by atoms with E-state index >= 15 is 0 Å². The zero-order chi connectivity index (χ0) is 14.8. The van der Waals surface area contributed by atoms with Crippen LogP contribution in [-0.2, 0) is 4.79 Å². The van der Waals surface area contributed by atoms with E-state index in [-0.39, 0.29) is 6.04 Å². The zero-order valence-electron chi connectivity index (χ0n) is 11.4. The topological polar surface area (TPSA) is 53.7 Å². The normalized spacial score (nSPS) is 20.5. The molecular weight excluding hydrogens is 290 g/mol. The Morgan fingerprint density at radius 1 is 1.33 bits per heavy atom. The molecule has 1 aliphatic heterocycles. The van der Waals surface area contributed by atoms with Crippen LogP contribution in [0.25, 0.3) is 0 Å². The van der Waals surface area contributed by atoms with Gasteiger partial charge in [0.1, 0.15) is 11.8 Å². The third-order valence-corrected chi connectivity index (χ3v) is 4.16. The molecule has 0 radical (unpaired) electrons. The molecule has 1 N–H and O–H groups in total. The highest BCUT2D eigenvalue weighted by Gasteiger charge is 2.37. The molecule has 2 unspecified atom stereocenters. The third kappa shape index (κ3) is 2.82. The molecule has 2 heterocycles. The van der Waals surface area contributed by atoms with Crippen molar-refractivity contribution in [1.29, 1.82) is 0 Å². The Bertz CT molecular complexity index is 609. The van der Waals surface area contributed by atoms with Gasteiger partial charge in [0.05, 0.1) is 12.3 Å². The van der Waals surface area contributed by atoms with E-state index < -0.39 is 12.0 Å². The van der Waals surface area contributed by atoms with Gasteiger partial charge >= 0.3 is 5.97 Å². The molecule has 0 bridgehead atoms. The molecule has 0 spiro atoms. The van der Waals surface area contributed by atoms with E-state index in [0.29, 0.717) is 11.4 Å². The van der Waals surface area contributed by atoms with Crippen LogP contribution >= 0.6 is 11.6 Å². The lowest BCUT2D eigenvalue weighted by Gasteiger charge is -2.30. The summed E-state index contributed by atoms with van der Waals surface area (Å²) in [5.41, 5.74) is 0.988. The van der Waals surface area contributed by atoms with Crippen LogP contribution in [0.15, 0.2) is 47.1 Å². The Labute approximate surface area is 127 Å². The minimum Gasteiger partial charge on any atom is -0.480 e. The van der Waals surface area contributed by atoms with Gasteiger partial charge in [-0.3, -0.25) is 9.69 Å². The van der Waals surface area contributed by atoms with Crippen molar-refractivity contribution in [2.24, 2.45) is 0 Å². The highest BCUT2D eigenvalue weighted by Crippen LogP contribution is 2.35. The molecule has 4 nitrogen and oxygen atoms in total. The molecule has 5 heteroatoms. The van der Waals surface area contributed by atoms with Crippen molar-refractivity contribution in [3.05, 3.63) is 59.0 Å². The van der Waals surface area contributed by atoms with Crippen molar-refractivity contribution in [1.82, 2.24) is 4.90 Å². The van der Waals surface area contributed by atoms with Crippen molar-refractivity contribution in [3.8, 4) is 0 Å². The number of likely N-dealkylation sites (tertiary alicyclic amines) is 1. The van der Waals surface area contributed by atoms with E-state index in [4.69, 9.17) is 16.0 Å². The Kier molecular flexibility index (Phi) is 3.99. The van der Waals surface area contributed by atoms with Gasteiger partial charge in [0, 0.05) is 11.6 Å². The fraction of sp³-hybridized carbons (Fsp3) is 0.312. The summed E-state index contributed by atoms with van der Waals surface area (Å²) in [7, 11) is 0. The first-order chi connectivity index (χ1) is 10.2. The number of carboxylic acids is 1. The monoisotopic (exact) mass is 305 g/mol. The van der Waals surface area contributed by atoms with Crippen molar-refractivity contribution in [2.45, 2.75) is 24.9 Å². The molecule has 0 amide bonds. The molecule has 1 aliphatic rings. The van der Waals surface area contributed by atoms with Crippen molar-refractivity contribution >= 4 is 17.6 Å². The summed E-state index contributed by atoms with van der Waals surface area (Å²) in [5.74, 6) is -0.0245. The summed E-state index contributed by atoms with van der Waals surface area (Å²) in [4.78, 5) is 13.5. The second-order valence-electron chi connectivity index (χ2n) is 5.20. The summed E-state index contributed by atoms with van der Waals surface area (Å²) in [6, 6.07) is 10.5. The average molecular weight is 306 g/mol. The molecule has 110 valence electrons. The molecule has 3 rings (SSSR count). The predicted octanol–water partition coefficient (Wildman–Crippen LogP) is 3.57. The van der Waals surface area contributed by atoms with Crippen LogP contribution in [0.2, 0.25) is 5.02 Å².